The van der Waals surface area contributed by atoms with Gasteiger partial charge >= 0.3 is 0 Å². The van der Waals surface area contributed by atoms with Crippen molar-refractivity contribution in [3.63, 3.8) is 0 Å². The third-order valence-corrected chi connectivity index (χ3v) is 6.69. The number of ether oxygens (including phenoxy) is 1. The van der Waals surface area contributed by atoms with Crippen molar-refractivity contribution in [3.8, 4) is 5.75 Å². The molecule has 1 atom stereocenters. The molecule has 0 aliphatic rings. The predicted octanol–water partition coefficient (Wildman–Crippen LogP) is 4.41. The molecule has 0 saturated heterocycles. The number of benzene rings is 2. The highest BCUT2D eigenvalue weighted by atomic mass is 32.2. The maximum Gasteiger partial charge on any atom is 0.231 e. The first-order valence-electron chi connectivity index (χ1n) is 10.4. The van der Waals surface area contributed by atoms with Gasteiger partial charge in [0.15, 0.2) is 4.34 Å². The highest BCUT2D eigenvalue weighted by Crippen LogP contribution is 2.31. The number of aryl methyl sites for hydroxylation is 1. The molecule has 2 aromatic carbocycles. The Morgan fingerprint density at radius 3 is 2.70 bits per heavy atom. The minimum Gasteiger partial charge on any atom is -0.492 e. The molecule has 2 aromatic heterocycles. The Kier molecular flexibility index (Phi) is 7.59. The van der Waals surface area contributed by atoms with Gasteiger partial charge in [-0.05, 0) is 24.6 Å². The number of carbonyl (C=O) groups is 1. The molecular formula is C23H24N6O2S2. The van der Waals surface area contributed by atoms with Crippen molar-refractivity contribution in [1.82, 2.24) is 25.1 Å². The van der Waals surface area contributed by atoms with Crippen LogP contribution in [-0.4, -0.2) is 38.0 Å². The summed E-state index contributed by atoms with van der Waals surface area (Å²) in [5.41, 5.74) is 1.80. The van der Waals surface area contributed by atoms with E-state index in [0.717, 1.165) is 22.8 Å². The number of rotatable bonds is 10. The summed E-state index contributed by atoms with van der Waals surface area (Å²) in [6.45, 7) is 2.52. The number of carbonyl (C=O) groups excluding carboxylic acids is 1. The summed E-state index contributed by atoms with van der Waals surface area (Å²) >= 11 is 2.74. The average molecular weight is 481 g/mol. The number of anilines is 2. The predicted molar refractivity (Wildman–Crippen MR) is 131 cm³/mol. The van der Waals surface area contributed by atoms with Crippen LogP contribution >= 0.6 is 23.1 Å². The molecule has 10 heteroatoms. The third-order valence-electron chi connectivity index (χ3n) is 4.72. The number of nitrogens with one attached hydrogen (secondary N) is 2. The molecule has 0 radical (unpaired) electrons. The molecular weight excluding hydrogens is 456 g/mol. The van der Waals surface area contributed by atoms with Crippen molar-refractivity contribution in [3.05, 3.63) is 78.4 Å². The second-order valence-corrected chi connectivity index (χ2v) is 9.22. The zero-order valence-corrected chi connectivity index (χ0v) is 19.9. The van der Waals surface area contributed by atoms with Crippen LogP contribution in [-0.2, 0) is 11.8 Å². The Morgan fingerprint density at radius 2 is 1.94 bits per heavy atom. The average Bonchev–Trinajstić information content (AvgIpc) is 3.47. The molecule has 4 rings (SSSR count). The first-order chi connectivity index (χ1) is 16.1. The molecule has 1 unspecified atom stereocenters. The number of aromatic nitrogens is 4. The van der Waals surface area contributed by atoms with Gasteiger partial charge in [-0.2, -0.15) is 0 Å². The van der Waals surface area contributed by atoms with Crippen LogP contribution in [0.15, 0.2) is 71.3 Å². The Morgan fingerprint density at radius 1 is 1.15 bits per heavy atom. The van der Waals surface area contributed by atoms with Gasteiger partial charge < -0.3 is 19.9 Å². The lowest BCUT2D eigenvalue weighted by molar-refractivity contribution is -0.119. The third kappa shape index (κ3) is 5.91. The number of imidazole rings is 1. The van der Waals surface area contributed by atoms with Crippen LogP contribution in [0, 0.1) is 0 Å². The highest BCUT2D eigenvalue weighted by molar-refractivity contribution is 8.01. The molecule has 0 fully saturated rings. The van der Waals surface area contributed by atoms with Crippen LogP contribution in [0.1, 0.15) is 24.4 Å². The number of hydrogen-bond acceptors (Lipinski definition) is 8. The van der Waals surface area contributed by atoms with Gasteiger partial charge in [-0.3, -0.25) is 4.79 Å². The number of amides is 1. The Hall–Kier alpha value is -3.37. The van der Waals surface area contributed by atoms with E-state index in [1.54, 1.807) is 6.20 Å². The molecule has 0 saturated carbocycles. The Balaban J connectivity index is 1.38. The number of thioether (sulfide) groups is 1. The minimum absolute atomic E-state index is 0.108. The molecule has 8 nitrogen and oxygen atoms in total. The zero-order valence-electron chi connectivity index (χ0n) is 18.3. The van der Waals surface area contributed by atoms with E-state index in [1.807, 2.05) is 79.3 Å². The summed E-state index contributed by atoms with van der Waals surface area (Å²) in [5.74, 6) is 1.64. The van der Waals surface area contributed by atoms with E-state index in [0.29, 0.717) is 16.1 Å². The van der Waals surface area contributed by atoms with Crippen LogP contribution in [0.4, 0.5) is 10.8 Å². The molecule has 2 N–H and O–H groups in total. The van der Waals surface area contributed by atoms with E-state index in [2.05, 4.69) is 25.8 Å². The van der Waals surface area contributed by atoms with Crippen LogP contribution in [0.25, 0.3) is 0 Å². The van der Waals surface area contributed by atoms with Gasteiger partial charge in [-0.25, -0.2) is 4.98 Å². The number of para-hydroxylation sites is 2. The fourth-order valence-electron chi connectivity index (χ4n) is 3.21. The fourth-order valence-corrected chi connectivity index (χ4v) is 4.79. The second kappa shape index (κ2) is 11.0. The maximum atomic E-state index is 12.8. The van der Waals surface area contributed by atoms with E-state index in [9.17, 15) is 4.79 Å². The fraction of sp³-hybridized carbons (Fsp3) is 0.217. The van der Waals surface area contributed by atoms with Gasteiger partial charge in [-0.1, -0.05) is 65.6 Å². The van der Waals surface area contributed by atoms with Gasteiger partial charge in [0, 0.05) is 19.4 Å². The summed E-state index contributed by atoms with van der Waals surface area (Å²) in [6.07, 6.45) is 3.59. The van der Waals surface area contributed by atoms with Crippen molar-refractivity contribution in [2.45, 2.75) is 17.3 Å². The van der Waals surface area contributed by atoms with Crippen molar-refractivity contribution < 1.29 is 9.53 Å². The van der Waals surface area contributed by atoms with Gasteiger partial charge in [0.05, 0.1) is 18.0 Å². The van der Waals surface area contributed by atoms with Crippen LogP contribution in [0.2, 0.25) is 0 Å². The molecule has 0 bridgehead atoms. The van der Waals surface area contributed by atoms with Gasteiger partial charge in [0.2, 0.25) is 11.0 Å². The zero-order chi connectivity index (χ0) is 23.0. The van der Waals surface area contributed by atoms with Crippen LogP contribution in [0.5, 0.6) is 5.75 Å². The molecule has 4 aromatic rings. The Labute approximate surface area is 200 Å². The van der Waals surface area contributed by atoms with Crippen LogP contribution in [0.3, 0.4) is 0 Å². The van der Waals surface area contributed by atoms with Crippen molar-refractivity contribution >= 4 is 39.8 Å². The lowest BCUT2D eigenvalue weighted by Gasteiger charge is -2.19. The molecule has 1 amide bonds. The van der Waals surface area contributed by atoms with Gasteiger partial charge in [0.25, 0.3) is 0 Å². The first kappa shape index (κ1) is 22.8. The van der Waals surface area contributed by atoms with E-state index in [-0.39, 0.29) is 17.7 Å². The topological polar surface area (TPSA) is 94.0 Å². The second-order valence-electron chi connectivity index (χ2n) is 7.02. The lowest BCUT2D eigenvalue weighted by atomic mass is 10.1. The van der Waals surface area contributed by atoms with E-state index < -0.39 is 0 Å². The van der Waals surface area contributed by atoms with Crippen molar-refractivity contribution in [2.24, 2.45) is 7.05 Å². The molecule has 0 aliphatic carbocycles. The van der Waals surface area contributed by atoms with Crippen molar-refractivity contribution in [2.75, 3.05) is 17.7 Å². The highest BCUT2D eigenvalue weighted by Gasteiger charge is 2.21. The smallest absolute Gasteiger partial charge is 0.231 e. The summed E-state index contributed by atoms with van der Waals surface area (Å²) in [7, 11) is 1.92. The summed E-state index contributed by atoms with van der Waals surface area (Å²) in [6, 6.07) is 17.2. The number of hydrogen-bond donors (Lipinski definition) is 2. The van der Waals surface area contributed by atoms with Crippen molar-refractivity contribution in [1.29, 1.82) is 0 Å². The van der Waals surface area contributed by atoms with Crippen LogP contribution < -0.4 is 15.4 Å². The van der Waals surface area contributed by atoms with E-state index in [1.165, 1.54) is 23.1 Å². The normalized spacial score (nSPS) is 11.7. The minimum atomic E-state index is -0.332. The molecule has 2 heterocycles. The molecule has 0 aliphatic heterocycles. The first-order valence-corrected chi connectivity index (χ1v) is 12.2. The summed E-state index contributed by atoms with van der Waals surface area (Å²) in [5, 5.41) is 15.4. The summed E-state index contributed by atoms with van der Waals surface area (Å²) < 4.78 is 8.25. The number of nitrogens with zero attached hydrogens (tertiary/aromatic N) is 4. The largest absolute Gasteiger partial charge is 0.492 e. The molecule has 0 spiro atoms. The quantitative estimate of drug-likeness (QED) is 0.325. The lowest BCUT2D eigenvalue weighted by Crippen LogP contribution is -2.32. The molecule has 170 valence electrons. The van der Waals surface area contributed by atoms with Gasteiger partial charge in [-0.15, -0.1) is 10.2 Å². The molecule has 33 heavy (non-hydrogen) atoms. The van der Waals surface area contributed by atoms with Gasteiger partial charge in [0.1, 0.15) is 17.6 Å². The van der Waals surface area contributed by atoms with E-state index >= 15 is 0 Å². The monoisotopic (exact) mass is 480 g/mol. The van der Waals surface area contributed by atoms with E-state index in [4.69, 9.17) is 4.74 Å². The standard InChI is InChI=1S/C23H24N6O2S2/c1-3-31-18-12-8-7-11-17(18)25-22-27-28-23(33-22)32-15-19(30)26-20(16-9-5-4-6-10-16)21-24-13-14-29(21)2/h4-14,20H,3,15H2,1-2H3,(H,25,27)(H,26,30). The summed E-state index contributed by atoms with van der Waals surface area (Å²) in [4.78, 5) is 17.2. The Bertz CT molecular complexity index is 1190. The SMILES string of the molecule is CCOc1ccccc1Nc1nnc(SCC(=O)NC(c2ccccc2)c2nccn2C)s1. The maximum absolute atomic E-state index is 12.8.